The molecule has 0 saturated carbocycles. The van der Waals surface area contributed by atoms with E-state index in [0.717, 1.165) is 10.2 Å². The highest BCUT2D eigenvalue weighted by Gasteiger charge is 2.37. The fraction of sp³-hybridized carbons (Fsp3) is 0.286. The minimum absolute atomic E-state index is 0.0445. The van der Waals surface area contributed by atoms with Crippen molar-refractivity contribution in [2.75, 3.05) is 31.1 Å². The smallest absolute Gasteiger partial charge is 0.274 e. The third-order valence-corrected chi connectivity index (χ3v) is 8.73. The number of hydrogen-bond donors (Lipinski definition) is 0. The largest absolute Gasteiger partial charge is 0.367 e. The van der Waals surface area contributed by atoms with E-state index < -0.39 is 31.7 Å². The summed E-state index contributed by atoms with van der Waals surface area (Å²) in [6.07, 6.45) is -1.94. The number of hydrogen-bond acceptors (Lipinski definition) is 4. The molecule has 1 fully saturated rings. The number of anilines is 1. The van der Waals surface area contributed by atoms with Gasteiger partial charge < -0.3 is 9.80 Å². The van der Waals surface area contributed by atoms with Crippen LogP contribution in [0.25, 0.3) is 10.9 Å². The van der Waals surface area contributed by atoms with E-state index in [1.807, 2.05) is 4.90 Å². The second kappa shape index (κ2) is 9.46. The fourth-order valence-corrected chi connectivity index (χ4v) is 6.68. The lowest BCUT2D eigenvalue weighted by atomic mass is 10.1. The van der Waals surface area contributed by atoms with Crippen LogP contribution in [0.15, 0.2) is 58.0 Å². The molecule has 0 bridgehead atoms. The molecule has 182 valence electrons. The van der Waals surface area contributed by atoms with E-state index in [4.69, 9.17) is 34.8 Å². The van der Waals surface area contributed by atoms with Crippen LogP contribution in [-0.2, 0) is 14.8 Å². The van der Waals surface area contributed by atoms with E-state index in [0.29, 0.717) is 10.2 Å². The Kier molecular flexibility index (Phi) is 7.10. The van der Waals surface area contributed by atoms with E-state index in [-0.39, 0.29) is 42.0 Å². The van der Waals surface area contributed by atoms with Crippen molar-refractivity contribution in [3.8, 4) is 0 Å². The van der Waals surface area contributed by atoms with Crippen LogP contribution in [0.1, 0.15) is 12.0 Å². The van der Waals surface area contributed by atoms with Crippen LogP contribution in [0.2, 0.25) is 0 Å². The predicted molar refractivity (Wildman–Crippen MR) is 133 cm³/mol. The van der Waals surface area contributed by atoms with E-state index >= 15 is 0 Å². The van der Waals surface area contributed by atoms with Crippen molar-refractivity contribution in [1.82, 2.24) is 8.87 Å². The molecule has 34 heavy (non-hydrogen) atoms. The summed E-state index contributed by atoms with van der Waals surface area (Å²) in [6.45, 7) is 0.999. The summed E-state index contributed by atoms with van der Waals surface area (Å²) in [5.74, 6) is -0.658. The number of fused-ring (bicyclic) bond motifs is 1. The summed E-state index contributed by atoms with van der Waals surface area (Å²) in [6, 6.07) is 10.9. The van der Waals surface area contributed by atoms with Gasteiger partial charge in [-0.2, -0.15) is 0 Å². The first kappa shape index (κ1) is 25.5. The molecule has 1 aliphatic heterocycles. The molecule has 0 N–H and O–H groups in total. The van der Waals surface area contributed by atoms with Gasteiger partial charge in [0.1, 0.15) is 4.90 Å². The Morgan fingerprint density at radius 1 is 1.00 bits per heavy atom. The summed E-state index contributed by atoms with van der Waals surface area (Å²) in [7, 11) is -4.17. The first-order valence-corrected chi connectivity index (χ1v) is 13.3. The van der Waals surface area contributed by atoms with Gasteiger partial charge in [-0.3, -0.25) is 4.79 Å². The quantitative estimate of drug-likeness (QED) is 0.359. The van der Waals surface area contributed by atoms with Crippen LogP contribution < -0.4 is 4.90 Å². The normalized spacial score (nSPS) is 15.4. The van der Waals surface area contributed by atoms with Crippen LogP contribution >= 0.6 is 50.7 Å². The molecule has 1 aromatic heterocycles. The maximum absolute atomic E-state index is 14.1. The fourth-order valence-electron chi connectivity index (χ4n) is 3.99. The number of carbonyl (C=O) groups is 1. The maximum atomic E-state index is 14.1. The topological polar surface area (TPSA) is 62.6 Å². The number of rotatable bonds is 4. The van der Waals surface area contributed by atoms with Gasteiger partial charge in [0, 0.05) is 53.5 Å². The SMILES string of the molecule is O=C(N1CCN(c2cccc3c2c(C(F)F)cn3S(=O)(=O)c2ccccc2Br)CC1)C(Cl)(Cl)Cl. The summed E-state index contributed by atoms with van der Waals surface area (Å²) >= 11 is 20.3. The Hall–Kier alpha value is -1.59. The summed E-state index contributed by atoms with van der Waals surface area (Å²) in [5, 5.41) is 0.134. The maximum Gasteiger partial charge on any atom is 0.274 e. The minimum atomic E-state index is -4.17. The number of alkyl halides is 5. The highest BCUT2D eigenvalue weighted by atomic mass is 79.9. The number of benzene rings is 2. The Labute approximate surface area is 218 Å². The Morgan fingerprint density at radius 2 is 1.65 bits per heavy atom. The van der Waals surface area contributed by atoms with Gasteiger partial charge >= 0.3 is 0 Å². The first-order valence-electron chi connectivity index (χ1n) is 9.96. The molecule has 2 heterocycles. The third-order valence-electron chi connectivity index (χ3n) is 5.56. The second-order valence-corrected chi connectivity index (χ2v) is 12.5. The Morgan fingerprint density at radius 3 is 2.24 bits per heavy atom. The standard InChI is InChI=1S/C21H17BrCl3F2N3O3S/c22-14-4-1-2-7-17(14)34(32,33)30-12-13(19(26)27)18-15(5-3-6-16(18)30)28-8-10-29(11-9-28)20(31)21(23,24)25/h1-7,12,19H,8-11H2. The summed E-state index contributed by atoms with van der Waals surface area (Å²) in [5.41, 5.74) is 0.166. The van der Waals surface area contributed by atoms with Crippen LogP contribution in [-0.4, -0.2) is 53.2 Å². The van der Waals surface area contributed by atoms with Crippen molar-refractivity contribution < 1.29 is 22.0 Å². The van der Waals surface area contributed by atoms with Gasteiger partial charge in [-0.15, -0.1) is 0 Å². The Balaban J connectivity index is 1.78. The first-order chi connectivity index (χ1) is 15.9. The van der Waals surface area contributed by atoms with Crippen molar-refractivity contribution >= 4 is 83.3 Å². The van der Waals surface area contributed by atoms with Crippen molar-refractivity contribution in [3.05, 3.63) is 58.7 Å². The van der Waals surface area contributed by atoms with Gasteiger partial charge in [0.05, 0.1) is 5.52 Å². The molecule has 13 heteroatoms. The van der Waals surface area contributed by atoms with E-state index in [2.05, 4.69) is 15.9 Å². The molecule has 0 radical (unpaired) electrons. The highest BCUT2D eigenvalue weighted by Crippen LogP contribution is 2.39. The van der Waals surface area contributed by atoms with E-state index in [1.165, 1.54) is 17.0 Å². The van der Waals surface area contributed by atoms with Crippen LogP contribution in [0, 0.1) is 0 Å². The lowest BCUT2D eigenvalue weighted by Gasteiger charge is -2.37. The van der Waals surface area contributed by atoms with E-state index in [1.54, 1.807) is 30.3 Å². The molecule has 4 rings (SSSR count). The number of aromatic nitrogens is 1. The molecule has 1 amide bonds. The number of amides is 1. The second-order valence-electron chi connectivity index (χ2n) is 7.56. The van der Waals surface area contributed by atoms with Crippen LogP contribution in [0.4, 0.5) is 14.5 Å². The summed E-state index contributed by atoms with van der Waals surface area (Å²) < 4.78 is 54.1. The monoisotopic (exact) mass is 613 g/mol. The van der Waals surface area contributed by atoms with Crippen molar-refractivity contribution in [2.24, 2.45) is 0 Å². The van der Waals surface area contributed by atoms with Crippen molar-refractivity contribution in [2.45, 2.75) is 15.1 Å². The molecule has 1 aliphatic rings. The van der Waals surface area contributed by atoms with Gasteiger partial charge in [0.2, 0.25) is 0 Å². The molecule has 0 atom stereocenters. The molecule has 0 unspecified atom stereocenters. The molecule has 2 aromatic carbocycles. The number of carbonyl (C=O) groups excluding carboxylic acids is 1. The number of piperazine rings is 1. The molecule has 0 aliphatic carbocycles. The summed E-state index contributed by atoms with van der Waals surface area (Å²) in [4.78, 5) is 15.4. The number of nitrogens with zero attached hydrogens (tertiary/aromatic N) is 3. The zero-order valence-corrected chi connectivity index (χ0v) is 21.9. The van der Waals surface area contributed by atoms with Crippen LogP contribution in [0.3, 0.4) is 0 Å². The average Bonchev–Trinajstić information content (AvgIpc) is 3.19. The van der Waals surface area contributed by atoms with Crippen molar-refractivity contribution in [1.29, 1.82) is 0 Å². The molecular weight excluding hydrogens is 599 g/mol. The molecule has 0 spiro atoms. The Bertz CT molecular complexity index is 1350. The number of halogens is 6. The molecule has 6 nitrogen and oxygen atoms in total. The highest BCUT2D eigenvalue weighted by molar-refractivity contribution is 9.10. The molecule has 1 saturated heterocycles. The lowest BCUT2D eigenvalue weighted by Crippen LogP contribution is -2.51. The minimum Gasteiger partial charge on any atom is -0.367 e. The van der Waals surface area contributed by atoms with Gasteiger partial charge in [-0.1, -0.05) is 53.0 Å². The van der Waals surface area contributed by atoms with Crippen LogP contribution in [0.5, 0.6) is 0 Å². The van der Waals surface area contributed by atoms with Gasteiger partial charge in [-0.25, -0.2) is 21.2 Å². The predicted octanol–water partition coefficient (Wildman–Crippen LogP) is 5.60. The van der Waals surface area contributed by atoms with Gasteiger partial charge in [0.15, 0.2) is 0 Å². The van der Waals surface area contributed by atoms with Gasteiger partial charge in [-0.05, 0) is 40.2 Å². The molecule has 3 aromatic rings. The third kappa shape index (κ3) is 4.63. The zero-order chi connectivity index (χ0) is 24.8. The van der Waals surface area contributed by atoms with Crippen molar-refractivity contribution in [3.63, 3.8) is 0 Å². The lowest BCUT2D eigenvalue weighted by molar-refractivity contribution is -0.130. The van der Waals surface area contributed by atoms with Gasteiger partial charge in [0.25, 0.3) is 26.1 Å². The van der Waals surface area contributed by atoms with E-state index in [9.17, 15) is 22.0 Å². The zero-order valence-electron chi connectivity index (χ0n) is 17.3. The molecular formula is C21H17BrCl3F2N3O3S. The average molecular weight is 616 g/mol.